The molecule has 0 saturated carbocycles. The van der Waals surface area contributed by atoms with Crippen LogP contribution >= 0.6 is 0 Å². The van der Waals surface area contributed by atoms with Crippen molar-refractivity contribution in [2.45, 2.75) is 58.8 Å². The summed E-state index contributed by atoms with van der Waals surface area (Å²) < 4.78 is 5.33. The summed E-state index contributed by atoms with van der Waals surface area (Å²) in [5, 5.41) is 3.59. The van der Waals surface area contributed by atoms with E-state index in [1.807, 2.05) is 6.07 Å². The van der Waals surface area contributed by atoms with Gasteiger partial charge >= 0.3 is 0 Å². The Bertz CT molecular complexity index is 364. The van der Waals surface area contributed by atoms with Crippen LogP contribution in [0.25, 0.3) is 0 Å². The molecule has 120 valence electrons. The van der Waals surface area contributed by atoms with Gasteiger partial charge in [-0.2, -0.15) is 0 Å². The van der Waals surface area contributed by atoms with E-state index < -0.39 is 0 Å². The molecule has 1 atom stereocenters. The number of unbranched alkanes of at least 4 members (excludes halogenated alkanes) is 3. The molecular weight excluding hydrogens is 258 g/mol. The zero-order chi connectivity index (χ0) is 15.3. The SMILES string of the molecule is CCCCCCC(CNCCC)Cc1cccc(OC)c1. The number of methoxy groups -OCH3 is 1. The lowest BCUT2D eigenvalue weighted by molar-refractivity contribution is 0.408. The van der Waals surface area contributed by atoms with E-state index in [2.05, 4.69) is 37.4 Å². The minimum atomic E-state index is 0.737. The fourth-order valence-electron chi connectivity index (χ4n) is 2.75. The minimum Gasteiger partial charge on any atom is -0.497 e. The van der Waals surface area contributed by atoms with Crippen LogP contribution < -0.4 is 10.1 Å². The van der Waals surface area contributed by atoms with E-state index in [0.29, 0.717) is 0 Å². The number of benzene rings is 1. The molecule has 1 rings (SSSR count). The van der Waals surface area contributed by atoms with Crippen molar-refractivity contribution in [3.63, 3.8) is 0 Å². The first-order valence-corrected chi connectivity index (χ1v) is 8.63. The maximum Gasteiger partial charge on any atom is 0.119 e. The van der Waals surface area contributed by atoms with Crippen LogP contribution in [-0.4, -0.2) is 20.2 Å². The molecule has 0 aliphatic rings. The zero-order valence-corrected chi connectivity index (χ0v) is 14.2. The summed E-state index contributed by atoms with van der Waals surface area (Å²) >= 11 is 0. The first-order chi connectivity index (χ1) is 10.3. The lowest BCUT2D eigenvalue weighted by Gasteiger charge is -2.18. The molecule has 1 unspecified atom stereocenters. The number of ether oxygens (including phenoxy) is 1. The van der Waals surface area contributed by atoms with Gasteiger partial charge in [0.2, 0.25) is 0 Å². The Hall–Kier alpha value is -1.02. The van der Waals surface area contributed by atoms with Crippen LogP contribution in [0.2, 0.25) is 0 Å². The summed E-state index contributed by atoms with van der Waals surface area (Å²) in [6.45, 7) is 6.77. The maximum absolute atomic E-state index is 5.33. The fraction of sp³-hybridized carbons (Fsp3) is 0.684. The van der Waals surface area contributed by atoms with Crippen molar-refractivity contribution >= 4 is 0 Å². The Labute approximate surface area is 131 Å². The maximum atomic E-state index is 5.33. The van der Waals surface area contributed by atoms with E-state index in [4.69, 9.17) is 4.74 Å². The van der Waals surface area contributed by atoms with Crippen LogP contribution in [-0.2, 0) is 6.42 Å². The fourth-order valence-corrected chi connectivity index (χ4v) is 2.75. The molecule has 0 aliphatic carbocycles. The average Bonchev–Trinajstić information content (AvgIpc) is 2.51. The van der Waals surface area contributed by atoms with Gasteiger partial charge in [0, 0.05) is 0 Å². The zero-order valence-electron chi connectivity index (χ0n) is 14.2. The highest BCUT2D eigenvalue weighted by atomic mass is 16.5. The molecule has 2 nitrogen and oxygen atoms in total. The predicted octanol–water partition coefficient (Wildman–Crippen LogP) is 4.82. The van der Waals surface area contributed by atoms with Crippen molar-refractivity contribution in [3.05, 3.63) is 29.8 Å². The van der Waals surface area contributed by atoms with Crippen molar-refractivity contribution < 1.29 is 4.74 Å². The molecule has 0 heterocycles. The monoisotopic (exact) mass is 291 g/mol. The second kappa shape index (κ2) is 11.6. The summed E-state index contributed by atoms with van der Waals surface area (Å²) in [6, 6.07) is 8.52. The summed E-state index contributed by atoms with van der Waals surface area (Å²) in [6.07, 6.45) is 9.10. The lowest BCUT2D eigenvalue weighted by atomic mass is 9.93. The lowest BCUT2D eigenvalue weighted by Crippen LogP contribution is -2.25. The third kappa shape index (κ3) is 8.11. The van der Waals surface area contributed by atoms with Gasteiger partial charge in [-0.1, -0.05) is 51.7 Å². The van der Waals surface area contributed by atoms with Crippen molar-refractivity contribution in [2.24, 2.45) is 5.92 Å². The molecule has 0 aliphatic heterocycles. The Morgan fingerprint density at radius 3 is 2.67 bits per heavy atom. The van der Waals surface area contributed by atoms with E-state index in [1.54, 1.807) is 7.11 Å². The van der Waals surface area contributed by atoms with Crippen LogP contribution in [0.3, 0.4) is 0 Å². The molecule has 0 saturated heterocycles. The van der Waals surface area contributed by atoms with E-state index in [9.17, 15) is 0 Å². The second-order valence-electron chi connectivity index (χ2n) is 5.98. The third-order valence-electron chi connectivity index (χ3n) is 3.98. The molecule has 0 bridgehead atoms. The van der Waals surface area contributed by atoms with E-state index >= 15 is 0 Å². The number of nitrogens with one attached hydrogen (secondary N) is 1. The normalized spacial score (nSPS) is 12.3. The van der Waals surface area contributed by atoms with Gasteiger partial charge in [0.25, 0.3) is 0 Å². The smallest absolute Gasteiger partial charge is 0.119 e. The number of rotatable bonds is 12. The van der Waals surface area contributed by atoms with Crippen molar-refractivity contribution in [1.82, 2.24) is 5.32 Å². The van der Waals surface area contributed by atoms with Gasteiger partial charge in [0.15, 0.2) is 0 Å². The van der Waals surface area contributed by atoms with Crippen LogP contribution in [0, 0.1) is 5.92 Å². The molecule has 1 aromatic carbocycles. The molecule has 0 fully saturated rings. The van der Waals surface area contributed by atoms with E-state index in [0.717, 1.165) is 31.2 Å². The number of hydrogen-bond donors (Lipinski definition) is 1. The van der Waals surface area contributed by atoms with Gasteiger partial charge in [-0.3, -0.25) is 0 Å². The van der Waals surface area contributed by atoms with Gasteiger partial charge in [0.1, 0.15) is 5.75 Å². The Kier molecular flexibility index (Phi) is 9.98. The molecule has 0 radical (unpaired) electrons. The molecule has 21 heavy (non-hydrogen) atoms. The summed E-state index contributed by atoms with van der Waals surface area (Å²) in [7, 11) is 1.74. The van der Waals surface area contributed by atoms with Crippen LogP contribution in [0.4, 0.5) is 0 Å². The summed E-state index contributed by atoms with van der Waals surface area (Å²) in [4.78, 5) is 0. The topological polar surface area (TPSA) is 21.3 Å². The van der Waals surface area contributed by atoms with Gasteiger partial charge in [-0.15, -0.1) is 0 Å². The molecule has 1 aromatic rings. The highest BCUT2D eigenvalue weighted by Crippen LogP contribution is 2.19. The standard InChI is InChI=1S/C19H33NO/c1-4-6-7-8-10-18(16-20-13-5-2)14-17-11-9-12-19(15-17)21-3/h9,11-12,15,18,20H,4-8,10,13-14,16H2,1-3H3. The van der Waals surface area contributed by atoms with E-state index in [1.165, 1.54) is 44.1 Å². The largest absolute Gasteiger partial charge is 0.497 e. The minimum absolute atomic E-state index is 0.737. The molecular formula is C19H33NO. The predicted molar refractivity (Wildman–Crippen MR) is 92.1 cm³/mol. The first-order valence-electron chi connectivity index (χ1n) is 8.63. The molecule has 1 N–H and O–H groups in total. The highest BCUT2D eigenvalue weighted by molar-refractivity contribution is 5.28. The van der Waals surface area contributed by atoms with Crippen LogP contribution in [0.5, 0.6) is 5.75 Å². The Morgan fingerprint density at radius 2 is 1.95 bits per heavy atom. The molecule has 0 amide bonds. The van der Waals surface area contributed by atoms with Crippen molar-refractivity contribution in [2.75, 3.05) is 20.2 Å². The van der Waals surface area contributed by atoms with Crippen molar-refractivity contribution in [1.29, 1.82) is 0 Å². The highest BCUT2D eigenvalue weighted by Gasteiger charge is 2.10. The third-order valence-corrected chi connectivity index (χ3v) is 3.98. The van der Waals surface area contributed by atoms with Gasteiger partial charge in [0.05, 0.1) is 7.11 Å². The van der Waals surface area contributed by atoms with Gasteiger partial charge < -0.3 is 10.1 Å². The Balaban J connectivity index is 2.48. The number of hydrogen-bond acceptors (Lipinski definition) is 2. The van der Waals surface area contributed by atoms with Crippen LogP contribution in [0.1, 0.15) is 57.9 Å². The average molecular weight is 291 g/mol. The Morgan fingerprint density at radius 1 is 1.10 bits per heavy atom. The second-order valence-corrected chi connectivity index (χ2v) is 5.98. The van der Waals surface area contributed by atoms with Crippen molar-refractivity contribution in [3.8, 4) is 5.75 Å². The molecule has 2 heteroatoms. The summed E-state index contributed by atoms with van der Waals surface area (Å²) in [5.41, 5.74) is 1.40. The summed E-state index contributed by atoms with van der Waals surface area (Å²) in [5.74, 6) is 1.71. The molecule has 0 spiro atoms. The first kappa shape index (κ1) is 18.0. The molecule has 0 aromatic heterocycles. The van der Waals surface area contributed by atoms with Gasteiger partial charge in [-0.05, 0) is 56.0 Å². The van der Waals surface area contributed by atoms with Gasteiger partial charge in [-0.25, -0.2) is 0 Å². The van der Waals surface area contributed by atoms with Crippen LogP contribution in [0.15, 0.2) is 24.3 Å². The van der Waals surface area contributed by atoms with E-state index in [-0.39, 0.29) is 0 Å². The quantitative estimate of drug-likeness (QED) is 0.557.